The van der Waals surface area contributed by atoms with Crippen LogP contribution in [-0.4, -0.2) is 106 Å². The van der Waals surface area contributed by atoms with E-state index in [9.17, 15) is 4.79 Å². The number of nitrogens with two attached hydrogens (primary N) is 1. The SMILES string of the molecule is C.CCN(C(=O)N[C@@H](C)c1ccc(-c2cnccn2)c(Cl)c1Cl)C1CCN(C)CC1.CCNC1CCN(C)CC1.C[C@H](N)c1ccc(-c2cnccn2)c(Cl)c1Cl.Cl. The number of amides is 2. The van der Waals surface area contributed by atoms with Gasteiger partial charge in [0.05, 0.1) is 49.9 Å². The van der Waals surface area contributed by atoms with Crippen molar-refractivity contribution in [3.8, 4) is 22.5 Å². The van der Waals surface area contributed by atoms with Crippen LogP contribution < -0.4 is 16.4 Å². The number of hydrogen-bond acceptors (Lipinski definition) is 9. The van der Waals surface area contributed by atoms with Gasteiger partial charge in [-0.2, -0.15) is 0 Å². The molecule has 2 amide bonds. The Bertz CT molecular complexity index is 1810. The van der Waals surface area contributed by atoms with E-state index in [1.54, 1.807) is 37.2 Å². The molecule has 320 valence electrons. The lowest BCUT2D eigenvalue weighted by molar-refractivity contribution is 0.133. The molecule has 6 rings (SSSR count). The van der Waals surface area contributed by atoms with Crippen molar-refractivity contribution in [3.63, 3.8) is 0 Å². The normalized spacial score (nSPS) is 15.9. The standard InChI is InChI=1S/C21H27Cl2N5O.C12H11Cl2N3.C8H18N2.CH4.ClH/c1-4-28(15-7-11-27(3)12-8-15)21(29)26-14(2)16-5-6-17(20(23)19(16)22)18-13-24-9-10-25-18;1-7(15)8-2-3-9(12(14)11(8)13)10-6-16-4-5-17-10;1-3-9-8-4-6-10(2)7-5-8;;/h5-6,9-10,13-15H,4,7-8,11-12H2,1-3H3,(H,26,29);2-7H,15H2,1H3;8-9H,3-7H2,1-2H3;1H4;1H/t14-;7-;;;/m00.../s1. The Hall–Kier alpha value is -2.84. The van der Waals surface area contributed by atoms with Crippen molar-refractivity contribution < 1.29 is 4.79 Å². The fraction of sp³-hybridized carbons (Fsp3) is 0.500. The van der Waals surface area contributed by atoms with Crippen molar-refractivity contribution in [1.82, 2.24) is 45.3 Å². The molecule has 4 aromatic rings. The predicted molar refractivity (Wildman–Crippen MR) is 246 cm³/mol. The van der Waals surface area contributed by atoms with Crippen LogP contribution in [0.3, 0.4) is 0 Å². The van der Waals surface area contributed by atoms with Crippen LogP contribution in [-0.2, 0) is 0 Å². The summed E-state index contributed by atoms with van der Waals surface area (Å²) in [6.45, 7) is 14.3. The van der Waals surface area contributed by atoms with Crippen LogP contribution in [0.25, 0.3) is 22.5 Å². The maximum Gasteiger partial charge on any atom is 0.318 e. The molecule has 2 saturated heterocycles. The molecule has 11 nitrogen and oxygen atoms in total. The smallest absolute Gasteiger partial charge is 0.318 e. The van der Waals surface area contributed by atoms with Gasteiger partial charge in [0.25, 0.3) is 0 Å². The molecule has 0 bridgehead atoms. The number of urea groups is 1. The maximum atomic E-state index is 12.9. The molecule has 0 radical (unpaired) electrons. The fourth-order valence-corrected chi connectivity index (χ4v) is 8.01. The Morgan fingerprint density at radius 1 is 0.776 bits per heavy atom. The molecule has 0 aliphatic carbocycles. The fourth-order valence-electron chi connectivity index (χ4n) is 6.81. The highest BCUT2D eigenvalue weighted by molar-refractivity contribution is 6.44. The average Bonchev–Trinajstić information content (AvgIpc) is 3.20. The molecular weight excluding hydrogens is 838 g/mol. The zero-order valence-corrected chi connectivity index (χ0v) is 37.5. The molecule has 58 heavy (non-hydrogen) atoms. The second-order valence-electron chi connectivity index (χ2n) is 14.3. The molecule has 2 aliphatic heterocycles. The first-order valence-corrected chi connectivity index (χ1v) is 20.8. The first kappa shape index (κ1) is 51.3. The highest BCUT2D eigenvalue weighted by atomic mass is 35.5. The van der Waals surface area contributed by atoms with E-state index in [1.807, 2.05) is 49.9 Å². The highest BCUT2D eigenvalue weighted by Crippen LogP contribution is 2.38. The van der Waals surface area contributed by atoms with E-state index in [1.165, 1.54) is 25.9 Å². The molecule has 2 aromatic carbocycles. The summed E-state index contributed by atoms with van der Waals surface area (Å²) in [5, 5.41) is 8.33. The molecular formula is C42H61Cl5N10O. The van der Waals surface area contributed by atoms with E-state index in [-0.39, 0.29) is 44.0 Å². The average molecular weight is 899 g/mol. The summed E-state index contributed by atoms with van der Waals surface area (Å²) in [6, 6.07) is 8.03. The molecule has 2 aliphatic rings. The highest BCUT2D eigenvalue weighted by Gasteiger charge is 2.27. The Morgan fingerprint density at radius 3 is 1.67 bits per heavy atom. The van der Waals surface area contributed by atoms with Gasteiger partial charge in [-0.25, -0.2) is 4.79 Å². The molecule has 16 heteroatoms. The number of likely N-dealkylation sites (tertiary alicyclic amines) is 2. The Morgan fingerprint density at radius 2 is 1.24 bits per heavy atom. The van der Waals surface area contributed by atoms with Crippen LogP contribution in [0, 0.1) is 0 Å². The lowest BCUT2D eigenvalue weighted by Crippen LogP contribution is -2.50. The summed E-state index contributed by atoms with van der Waals surface area (Å²) in [6.07, 6.45) is 14.3. The van der Waals surface area contributed by atoms with Gasteiger partial charge in [0.15, 0.2) is 0 Å². The molecule has 2 fully saturated rings. The van der Waals surface area contributed by atoms with Crippen molar-refractivity contribution in [2.45, 2.75) is 85.0 Å². The van der Waals surface area contributed by atoms with Crippen molar-refractivity contribution in [1.29, 1.82) is 0 Å². The van der Waals surface area contributed by atoms with E-state index in [0.717, 1.165) is 55.2 Å². The van der Waals surface area contributed by atoms with Crippen molar-refractivity contribution in [2.24, 2.45) is 5.73 Å². The number of nitrogens with zero attached hydrogens (tertiary/aromatic N) is 7. The van der Waals surface area contributed by atoms with Gasteiger partial charge in [-0.15, -0.1) is 12.4 Å². The summed E-state index contributed by atoms with van der Waals surface area (Å²) >= 11 is 25.5. The van der Waals surface area contributed by atoms with Crippen molar-refractivity contribution >= 4 is 64.8 Å². The van der Waals surface area contributed by atoms with Gasteiger partial charge in [-0.05, 0) is 104 Å². The predicted octanol–water partition coefficient (Wildman–Crippen LogP) is 9.86. The number of benzene rings is 2. The van der Waals surface area contributed by atoms with Gasteiger partial charge in [0, 0.05) is 60.6 Å². The maximum absolute atomic E-state index is 12.9. The summed E-state index contributed by atoms with van der Waals surface area (Å²) in [4.78, 5) is 36.1. The minimum Gasteiger partial charge on any atom is -0.331 e. The van der Waals surface area contributed by atoms with Gasteiger partial charge >= 0.3 is 6.03 Å². The number of carbonyl (C=O) groups excluding carboxylic acids is 1. The van der Waals surface area contributed by atoms with Gasteiger partial charge in [-0.1, -0.05) is 85.0 Å². The lowest BCUT2D eigenvalue weighted by atomic mass is 10.0. The number of carbonyl (C=O) groups is 1. The molecule has 2 atom stereocenters. The summed E-state index contributed by atoms with van der Waals surface area (Å²) in [5.41, 5.74) is 10.2. The van der Waals surface area contributed by atoms with Gasteiger partial charge in [-0.3, -0.25) is 19.9 Å². The number of piperidine rings is 2. The van der Waals surface area contributed by atoms with E-state index in [4.69, 9.17) is 52.1 Å². The first-order chi connectivity index (χ1) is 26.9. The van der Waals surface area contributed by atoms with Crippen molar-refractivity contribution in [3.05, 3.63) is 92.7 Å². The Balaban J connectivity index is 0.000000338. The van der Waals surface area contributed by atoms with Crippen molar-refractivity contribution in [2.75, 3.05) is 53.4 Å². The summed E-state index contributed by atoms with van der Waals surface area (Å²) in [5.74, 6) is 0. The molecule has 4 heterocycles. The number of nitrogens with one attached hydrogen (secondary N) is 2. The Kier molecular flexibility index (Phi) is 22.7. The van der Waals surface area contributed by atoms with Crippen LogP contribution in [0.15, 0.2) is 61.4 Å². The van der Waals surface area contributed by atoms with Gasteiger partial charge < -0.3 is 31.1 Å². The van der Waals surface area contributed by atoms with Crippen LogP contribution in [0.5, 0.6) is 0 Å². The third-order valence-electron chi connectivity index (χ3n) is 10.1. The van der Waals surface area contributed by atoms with Crippen LogP contribution >= 0.6 is 58.8 Å². The molecule has 0 saturated carbocycles. The lowest BCUT2D eigenvalue weighted by Gasteiger charge is -2.37. The minimum absolute atomic E-state index is 0. The third kappa shape index (κ3) is 14.4. The van der Waals surface area contributed by atoms with E-state index < -0.39 is 0 Å². The number of halogens is 5. The summed E-state index contributed by atoms with van der Waals surface area (Å²) < 4.78 is 0. The second-order valence-corrected chi connectivity index (χ2v) is 15.8. The van der Waals surface area contributed by atoms with Crippen LogP contribution in [0.4, 0.5) is 4.79 Å². The number of aromatic nitrogens is 4. The minimum atomic E-state index is -0.274. The zero-order chi connectivity index (χ0) is 40.8. The first-order valence-electron chi connectivity index (χ1n) is 19.3. The molecule has 0 spiro atoms. The van der Waals surface area contributed by atoms with Crippen LogP contribution in [0.1, 0.15) is 84.0 Å². The molecule has 0 unspecified atom stereocenters. The molecule has 4 N–H and O–H groups in total. The summed E-state index contributed by atoms with van der Waals surface area (Å²) in [7, 11) is 4.31. The van der Waals surface area contributed by atoms with E-state index >= 15 is 0 Å². The van der Waals surface area contributed by atoms with Gasteiger partial charge in [0.1, 0.15) is 0 Å². The van der Waals surface area contributed by atoms with E-state index in [0.29, 0.717) is 43.6 Å². The largest absolute Gasteiger partial charge is 0.331 e. The number of rotatable bonds is 9. The van der Waals surface area contributed by atoms with E-state index in [2.05, 4.69) is 61.4 Å². The second kappa shape index (κ2) is 25.7. The quantitative estimate of drug-likeness (QED) is 0.150. The Labute approximate surface area is 372 Å². The topological polar surface area (TPSA) is 128 Å². The monoisotopic (exact) mass is 896 g/mol. The molecule has 2 aromatic heterocycles. The third-order valence-corrected chi connectivity index (χ3v) is 11.9. The van der Waals surface area contributed by atoms with Crippen LogP contribution in [0.2, 0.25) is 20.1 Å². The number of hydrogen-bond donors (Lipinski definition) is 3. The van der Waals surface area contributed by atoms with Gasteiger partial charge in [0.2, 0.25) is 0 Å². The zero-order valence-electron chi connectivity index (χ0n) is 33.7.